The van der Waals surface area contributed by atoms with Gasteiger partial charge < -0.3 is 0 Å². The van der Waals surface area contributed by atoms with E-state index in [0.29, 0.717) is 11.7 Å². The molecular weight excluding hydrogens is 198 g/mol. The number of aromatic nitrogens is 2. The molecule has 1 atom stereocenters. The van der Waals surface area contributed by atoms with Gasteiger partial charge in [0.25, 0.3) is 0 Å². The smallest absolute Gasteiger partial charge is 0.145 e. The maximum atomic E-state index is 9.09. The van der Waals surface area contributed by atoms with Crippen LogP contribution in [-0.4, -0.2) is 9.97 Å². The molecule has 0 aromatic carbocycles. The first-order chi connectivity index (χ1) is 7.54. The molecule has 0 spiro atoms. The zero-order valence-electron chi connectivity index (χ0n) is 10.4. The molecule has 1 unspecified atom stereocenters. The minimum atomic E-state index is -0.202. The van der Waals surface area contributed by atoms with E-state index in [1.54, 1.807) is 6.20 Å². The molecule has 0 fully saturated rings. The van der Waals surface area contributed by atoms with Gasteiger partial charge in [0.15, 0.2) is 0 Å². The Labute approximate surface area is 97.5 Å². The van der Waals surface area contributed by atoms with E-state index in [2.05, 4.69) is 29.9 Å². The van der Waals surface area contributed by atoms with E-state index < -0.39 is 0 Å². The maximum Gasteiger partial charge on any atom is 0.145 e. The van der Waals surface area contributed by atoms with E-state index in [4.69, 9.17) is 5.26 Å². The molecule has 16 heavy (non-hydrogen) atoms. The molecule has 1 aromatic heterocycles. The molecule has 0 saturated heterocycles. The predicted molar refractivity (Wildman–Crippen MR) is 63.8 cm³/mol. The predicted octanol–water partition coefficient (Wildman–Crippen LogP) is 2.94. The molecule has 0 radical (unpaired) electrons. The molecule has 1 aromatic rings. The second-order valence-corrected chi connectivity index (χ2v) is 4.85. The molecule has 3 heteroatoms. The highest BCUT2D eigenvalue weighted by molar-refractivity contribution is 5.13. The lowest BCUT2D eigenvalue weighted by Crippen LogP contribution is -2.10. The summed E-state index contributed by atoms with van der Waals surface area (Å²) in [6, 6.07) is 4.20. The standard InChI is InChI=1S/C13H19N3/c1-9(2)7-11-5-6-15-13(16-11)12(8-14)10(3)4/h5-6,9-10,12H,7H2,1-4H3. The van der Waals surface area contributed by atoms with Crippen LogP contribution in [0.25, 0.3) is 0 Å². The Morgan fingerprint density at radius 2 is 2.00 bits per heavy atom. The molecule has 0 aliphatic carbocycles. The number of nitriles is 1. The molecule has 0 aliphatic rings. The van der Waals surface area contributed by atoms with Crippen LogP contribution in [0.4, 0.5) is 0 Å². The highest BCUT2D eigenvalue weighted by Gasteiger charge is 2.18. The minimum Gasteiger partial charge on any atom is -0.240 e. The van der Waals surface area contributed by atoms with Gasteiger partial charge in [-0.15, -0.1) is 0 Å². The second-order valence-electron chi connectivity index (χ2n) is 4.85. The van der Waals surface area contributed by atoms with E-state index in [-0.39, 0.29) is 11.8 Å². The summed E-state index contributed by atoms with van der Waals surface area (Å²) in [6.07, 6.45) is 2.69. The number of rotatable bonds is 4. The van der Waals surface area contributed by atoms with Crippen LogP contribution in [0.15, 0.2) is 12.3 Å². The summed E-state index contributed by atoms with van der Waals surface area (Å²) in [5, 5.41) is 9.09. The molecule has 1 heterocycles. The molecule has 1 rings (SSSR count). The van der Waals surface area contributed by atoms with Gasteiger partial charge in [0.05, 0.1) is 6.07 Å². The van der Waals surface area contributed by atoms with E-state index in [1.807, 2.05) is 19.9 Å². The van der Waals surface area contributed by atoms with Crippen molar-refractivity contribution < 1.29 is 0 Å². The van der Waals surface area contributed by atoms with Crippen molar-refractivity contribution in [3.8, 4) is 6.07 Å². The SMILES string of the molecule is CC(C)Cc1ccnc(C(C#N)C(C)C)n1. The first kappa shape index (κ1) is 12.6. The molecular formula is C13H19N3. The van der Waals surface area contributed by atoms with Crippen LogP contribution >= 0.6 is 0 Å². The third-order valence-electron chi connectivity index (χ3n) is 2.43. The van der Waals surface area contributed by atoms with Gasteiger partial charge in [-0.3, -0.25) is 0 Å². The summed E-state index contributed by atoms with van der Waals surface area (Å²) in [4.78, 5) is 8.68. The van der Waals surface area contributed by atoms with Gasteiger partial charge in [-0.2, -0.15) is 5.26 Å². The van der Waals surface area contributed by atoms with E-state index in [9.17, 15) is 0 Å². The summed E-state index contributed by atoms with van der Waals surface area (Å²) in [5.41, 5.74) is 1.03. The Balaban J connectivity index is 2.93. The van der Waals surface area contributed by atoms with Gasteiger partial charge in [0.1, 0.15) is 11.7 Å². The fourth-order valence-electron chi connectivity index (χ4n) is 1.60. The fraction of sp³-hybridized carbons (Fsp3) is 0.615. The Hall–Kier alpha value is -1.43. The van der Waals surface area contributed by atoms with Crippen molar-refractivity contribution in [1.29, 1.82) is 5.26 Å². The van der Waals surface area contributed by atoms with Crippen LogP contribution in [0.3, 0.4) is 0 Å². The van der Waals surface area contributed by atoms with Gasteiger partial charge in [-0.25, -0.2) is 9.97 Å². The van der Waals surface area contributed by atoms with Gasteiger partial charge in [-0.05, 0) is 24.3 Å². The zero-order valence-corrected chi connectivity index (χ0v) is 10.4. The first-order valence-corrected chi connectivity index (χ1v) is 5.76. The third-order valence-corrected chi connectivity index (χ3v) is 2.43. The minimum absolute atomic E-state index is 0.202. The summed E-state index contributed by atoms with van der Waals surface area (Å²) >= 11 is 0. The van der Waals surface area contributed by atoms with Crippen LogP contribution in [0.5, 0.6) is 0 Å². The van der Waals surface area contributed by atoms with E-state index >= 15 is 0 Å². The molecule has 86 valence electrons. The van der Waals surface area contributed by atoms with Crippen molar-refractivity contribution in [1.82, 2.24) is 9.97 Å². The number of hydrogen-bond donors (Lipinski definition) is 0. The number of nitrogens with zero attached hydrogens (tertiary/aromatic N) is 3. The monoisotopic (exact) mass is 217 g/mol. The van der Waals surface area contributed by atoms with Crippen LogP contribution in [-0.2, 0) is 6.42 Å². The lowest BCUT2D eigenvalue weighted by atomic mass is 9.96. The lowest BCUT2D eigenvalue weighted by Gasteiger charge is -2.12. The lowest BCUT2D eigenvalue weighted by molar-refractivity contribution is 0.553. The second kappa shape index (κ2) is 5.60. The average molecular weight is 217 g/mol. The van der Waals surface area contributed by atoms with Gasteiger partial charge in [-0.1, -0.05) is 27.7 Å². The quantitative estimate of drug-likeness (QED) is 0.779. The van der Waals surface area contributed by atoms with E-state index in [1.165, 1.54) is 0 Å². The summed E-state index contributed by atoms with van der Waals surface area (Å²) in [7, 11) is 0. The van der Waals surface area contributed by atoms with Crippen LogP contribution < -0.4 is 0 Å². The largest absolute Gasteiger partial charge is 0.240 e. The van der Waals surface area contributed by atoms with Crippen molar-refractivity contribution >= 4 is 0 Å². The van der Waals surface area contributed by atoms with E-state index in [0.717, 1.165) is 12.1 Å². The summed E-state index contributed by atoms with van der Waals surface area (Å²) in [6.45, 7) is 8.36. The van der Waals surface area contributed by atoms with Gasteiger partial charge in [0, 0.05) is 11.9 Å². The summed E-state index contributed by atoms with van der Waals surface area (Å²) < 4.78 is 0. The normalized spacial score (nSPS) is 12.8. The molecule has 0 saturated carbocycles. The van der Waals surface area contributed by atoms with Crippen molar-refractivity contribution in [2.24, 2.45) is 11.8 Å². The molecule has 0 N–H and O–H groups in total. The molecule has 3 nitrogen and oxygen atoms in total. The highest BCUT2D eigenvalue weighted by Crippen LogP contribution is 2.20. The Bertz CT molecular complexity index is 377. The van der Waals surface area contributed by atoms with Gasteiger partial charge >= 0.3 is 0 Å². The Morgan fingerprint density at radius 3 is 2.50 bits per heavy atom. The van der Waals surface area contributed by atoms with Gasteiger partial charge in [0.2, 0.25) is 0 Å². The number of hydrogen-bond acceptors (Lipinski definition) is 3. The topological polar surface area (TPSA) is 49.6 Å². The van der Waals surface area contributed by atoms with Crippen LogP contribution in [0.1, 0.15) is 45.1 Å². The third kappa shape index (κ3) is 3.30. The van der Waals surface area contributed by atoms with Crippen LogP contribution in [0, 0.1) is 23.2 Å². The van der Waals surface area contributed by atoms with Crippen LogP contribution in [0.2, 0.25) is 0 Å². The molecule has 0 bridgehead atoms. The average Bonchev–Trinajstić information content (AvgIpc) is 2.17. The Morgan fingerprint density at radius 1 is 1.31 bits per heavy atom. The van der Waals surface area contributed by atoms with Crippen molar-refractivity contribution in [3.63, 3.8) is 0 Å². The van der Waals surface area contributed by atoms with Crippen molar-refractivity contribution in [2.45, 2.75) is 40.0 Å². The first-order valence-electron chi connectivity index (χ1n) is 5.76. The molecule has 0 amide bonds. The summed E-state index contributed by atoms with van der Waals surface area (Å²) in [5.74, 6) is 1.28. The van der Waals surface area contributed by atoms with Crippen molar-refractivity contribution in [2.75, 3.05) is 0 Å². The highest BCUT2D eigenvalue weighted by atomic mass is 14.9. The zero-order chi connectivity index (χ0) is 12.1. The molecule has 0 aliphatic heterocycles. The Kier molecular flexibility index (Phi) is 4.42. The van der Waals surface area contributed by atoms with Crippen molar-refractivity contribution in [3.05, 3.63) is 23.8 Å². The fourth-order valence-corrected chi connectivity index (χ4v) is 1.60. The maximum absolute atomic E-state index is 9.09.